The first-order chi connectivity index (χ1) is 69.7. The number of nitrogens with zero attached hydrogens (tertiary/aromatic N) is 5. The van der Waals surface area contributed by atoms with Crippen LogP contribution in [0.25, 0.3) is 144 Å². The highest BCUT2D eigenvalue weighted by Crippen LogP contribution is 2.53. The van der Waals surface area contributed by atoms with Crippen LogP contribution in [0.15, 0.2) is 558 Å². The van der Waals surface area contributed by atoms with Crippen LogP contribution in [-0.4, -0.2) is 9.13 Å². The van der Waals surface area contributed by atoms with Gasteiger partial charge in [-0.25, -0.2) is 0 Å². The molecule has 2 heterocycles. The predicted octanol–water partition coefficient (Wildman–Crippen LogP) is 37.1. The molecule has 0 aliphatic heterocycles. The van der Waals surface area contributed by atoms with Crippen molar-refractivity contribution in [1.82, 2.24) is 9.13 Å². The fourth-order valence-corrected chi connectivity index (χ4v) is 21.4. The van der Waals surface area contributed by atoms with E-state index in [-0.39, 0.29) is 11.3 Å². The van der Waals surface area contributed by atoms with Crippen LogP contribution in [0.5, 0.6) is 0 Å². The number of para-hydroxylation sites is 6. The third-order valence-electron chi connectivity index (χ3n) is 28.4. The summed E-state index contributed by atoms with van der Waals surface area (Å²) in [5.41, 5.74) is 44.1. The van der Waals surface area contributed by atoms with Gasteiger partial charge in [-0.3, -0.25) is 0 Å². The van der Waals surface area contributed by atoms with Gasteiger partial charge in [0.05, 0.1) is 22.1 Å². The first kappa shape index (κ1) is 85.7. The van der Waals surface area contributed by atoms with E-state index < -0.39 is 0 Å². The average molecular weight is 1800 g/mol. The lowest BCUT2D eigenvalue weighted by Crippen LogP contribution is -2.16. The van der Waals surface area contributed by atoms with Crippen LogP contribution in [0.3, 0.4) is 0 Å². The van der Waals surface area contributed by atoms with Gasteiger partial charge in [-0.15, -0.1) is 0 Å². The van der Waals surface area contributed by atoms with Gasteiger partial charge in [0.15, 0.2) is 0 Å². The number of aromatic nitrogens is 2. The SMILES string of the molecule is CC1(C)c2ccccc2-c2ccc(N(c3ccccc3)c3ccc(-c4ccc5c(c4)c4ccccc4n5-c4ccccc4)cc3)cc21.c1ccc(-c2ccc(N(c3ccc(-c4ccccc4)cc3)c3ccc(-c4ccc5c(c4)c4ccccc4n5-c4ccccc4)cc3)cc2)cc1.c1ccc(-c2ccc(N(c3ccccc3)c3ccc(-c4ccc5c(c4)-c4ccccc4C5c4ccccc4)cc3)cc2)cc1. The van der Waals surface area contributed by atoms with E-state index in [1.54, 1.807) is 0 Å². The molecule has 0 fully saturated rings. The molecule has 0 bridgehead atoms. The van der Waals surface area contributed by atoms with E-state index in [1.807, 2.05) is 0 Å². The summed E-state index contributed by atoms with van der Waals surface area (Å²) < 4.78 is 4.73. The Labute approximate surface area is 824 Å². The second-order valence-corrected chi connectivity index (χ2v) is 37.0. The van der Waals surface area contributed by atoms with Crippen LogP contribution >= 0.6 is 0 Å². The second-order valence-electron chi connectivity index (χ2n) is 37.0. The minimum absolute atomic E-state index is 0.0591. The standard InChI is InChI=1S/C48H34N2.C45H34N2.C43H31N/c1-4-12-35(13-5-1)37-20-27-42(28-21-37)49(43-29-22-38(23-30-43)36-14-6-2-7-15-36)44-31-24-39(25-32-44)40-26-33-48-46(34-40)45-18-10-11-19-47(45)50(48)41-16-8-3-9-17-41;1-45(2)41-19-11-9-17-37(41)38-27-26-36(30-42(38)45)46(33-13-5-3-6-14-33)35-24-21-31(22-25-35)32-23-28-44-40(29-32)39-18-10-12-20-43(39)47(44)34-15-7-4-8-16-34;1-4-12-31(13-5-1)32-20-25-37(26-21-32)44(36-16-8-3-9-17-36)38-27-22-33(23-28-38)35-24-29-41-42(30-35)39-18-10-11-19-40(39)43(41)34-14-6-2-7-15-34/h1-34H;3-30H,1-2H3;1-30,43H. The van der Waals surface area contributed by atoms with Crippen molar-refractivity contribution in [2.24, 2.45) is 0 Å². The highest BCUT2D eigenvalue weighted by molar-refractivity contribution is 6.12. The maximum Gasteiger partial charge on any atom is 0.0541 e. The second kappa shape index (κ2) is 37.5. The summed E-state index contributed by atoms with van der Waals surface area (Å²) in [6.07, 6.45) is 0. The van der Waals surface area contributed by atoms with E-state index in [0.717, 1.165) is 45.5 Å². The lowest BCUT2D eigenvalue weighted by atomic mass is 9.82. The Morgan fingerprint density at radius 1 is 0.170 bits per heavy atom. The molecule has 1 atom stereocenters. The summed E-state index contributed by atoms with van der Waals surface area (Å²) in [6, 6.07) is 201. The van der Waals surface area contributed by atoms with Gasteiger partial charge in [-0.05, 0) is 293 Å². The van der Waals surface area contributed by atoms with Gasteiger partial charge in [0, 0.05) is 95.4 Å². The van der Waals surface area contributed by atoms with Crippen molar-refractivity contribution in [1.29, 1.82) is 0 Å². The summed E-state index contributed by atoms with van der Waals surface area (Å²) in [7, 11) is 0. The molecule has 26 rings (SSSR count). The average Bonchev–Trinajstić information content (AvgIpc) is 1.60. The molecule has 0 saturated carbocycles. The first-order valence-corrected chi connectivity index (χ1v) is 48.7. The van der Waals surface area contributed by atoms with E-state index >= 15 is 0 Å². The zero-order chi connectivity index (χ0) is 94.1. The molecule has 24 aromatic rings. The van der Waals surface area contributed by atoms with E-state index in [2.05, 4.69) is 596 Å². The van der Waals surface area contributed by atoms with Crippen molar-refractivity contribution in [2.75, 3.05) is 14.7 Å². The predicted molar refractivity (Wildman–Crippen MR) is 595 cm³/mol. The zero-order valence-electron chi connectivity index (χ0n) is 78.4. The number of rotatable bonds is 18. The molecule has 0 spiro atoms. The fraction of sp³-hybridized carbons (Fsp3) is 0.0294. The molecule has 2 aliphatic carbocycles. The van der Waals surface area contributed by atoms with Crippen molar-refractivity contribution < 1.29 is 0 Å². The topological polar surface area (TPSA) is 19.6 Å². The maximum atomic E-state index is 2.40. The molecule has 141 heavy (non-hydrogen) atoms. The van der Waals surface area contributed by atoms with Crippen LogP contribution in [0.1, 0.15) is 47.6 Å². The monoisotopic (exact) mass is 1800 g/mol. The Balaban J connectivity index is 0.000000115. The lowest BCUT2D eigenvalue weighted by Gasteiger charge is -2.28. The minimum Gasteiger partial charge on any atom is -0.311 e. The highest BCUT2D eigenvalue weighted by Gasteiger charge is 2.37. The first-order valence-electron chi connectivity index (χ1n) is 48.7. The summed E-state index contributed by atoms with van der Waals surface area (Å²) in [6.45, 7) is 4.69. The largest absolute Gasteiger partial charge is 0.311 e. The normalized spacial score (nSPS) is 12.5. The summed E-state index contributed by atoms with van der Waals surface area (Å²) in [5.74, 6) is 0.270. The van der Waals surface area contributed by atoms with Crippen molar-refractivity contribution in [3.63, 3.8) is 0 Å². The molecular weight excluding hydrogens is 1700 g/mol. The fourth-order valence-electron chi connectivity index (χ4n) is 21.4. The van der Waals surface area contributed by atoms with E-state index in [9.17, 15) is 0 Å². The van der Waals surface area contributed by atoms with Crippen LogP contribution in [-0.2, 0) is 5.41 Å². The third-order valence-corrected chi connectivity index (χ3v) is 28.4. The van der Waals surface area contributed by atoms with Crippen LogP contribution in [0.2, 0.25) is 0 Å². The van der Waals surface area contributed by atoms with Gasteiger partial charge in [0.2, 0.25) is 0 Å². The zero-order valence-corrected chi connectivity index (χ0v) is 78.4. The summed E-state index contributed by atoms with van der Waals surface area (Å²) in [4.78, 5) is 7.03. The number of hydrogen-bond acceptors (Lipinski definition) is 3. The van der Waals surface area contributed by atoms with Gasteiger partial charge >= 0.3 is 0 Å². The number of anilines is 9. The van der Waals surface area contributed by atoms with Crippen LogP contribution in [0.4, 0.5) is 51.2 Å². The maximum absolute atomic E-state index is 2.40. The lowest BCUT2D eigenvalue weighted by molar-refractivity contribution is 0.660. The summed E-state index contributed by atoms with van der Waals surface area (Å²) >= 11 is 0. The number of benzene rings is 22. The van der Waals surface area contributed by atoms with Crippen molar-refractivity contribution in [2.45, 2.75) is 25.2 Å². The van der Waals surface area contributed by atoms with Crippen LogP contribution < -0.4 is 14.7 Å². The molecule has 5 heteroatoms. The van der Waals surface area contributed by atoms with Gasteiger partial charge in [-0.2, -0.15) is 0 Å². The van der Waals surface area contributed by atoms with Gasteiger partial charge in [0.1, 0.15) is 0 Å². The molecule has 2 aliphatic rings. The highest BCUT2D eigenvalue weighted by atomic mass is 15.2. The van der Waals surface area contributed by atoms with Gasteiger partial charge < -0.3 is 23.8 Å². The molecule has 22 aromatic carbocycles. The number of fused-ring (bicyclic) bond motifs is 12. The van der Waals surface area contributed by atoms with Gasteiger partial charge in [-0.1, -0.05) is 396 Å². The summed E-state index contributed by atoms with van der Waals surface area (Å²) in [5, 5.41) is 5.04. The van der Waals surface area contributed by atoms with E-state index in [1.165, 1.54) is 178 Å². The van der Waals surface area contributed by atoms with Crippen molar-refractivity contribution in [3.05, 3.63) is 586 Å². The quantitative estimate of drug-likeness (QED) is 0.0854. The Morgan fingerprint density at radius 3 is 0.851 bits per heavy atom. The Kier molecular flexibility index (Phi) is 22.8. The minimum atomic E-state index is -0.0591. The van der Waals surface area contributed by atoms with Crippen molar-refractivity contribution >= 4 is 94.8 Å². The molecule has 1 unspecified atom stereocenters. The molecule has 2 aromatic heterocycles. The van der Waals surface area contributed by atoms with Gasteiger partial charge in [0.25, 0.3) is 0 Å². The third kappa shape index (κ3) is 16.5. The van der Waals surface area contributed by atoms with E-state index in [0.29, 0.717) is 0 Å². The van der Waals surface area contributed by atoms with Crippen molar-refractivity contribution in [3.8, 4) is 100 Å². The smallest absolute Gasteiger partial charge is 0.0541 e. The molecule has 668 valence electrons. The van der Waals surface area contributed by atoms with E-state index in [4.69, 9.17) is 0 Å². The molecule has 5 nitrogen and oxygen atoms in total. The molecule has 0 saturated heterocycles. The molecule has 0 amide bonds. The van der Waals surface area contributed by atoms with Crippen LogP contribution in [0, 0.1) is 0 Å². The number of hydrogen-bond donors (Lipinski definition) is 0. The Hall–Kier alpha value is -18.2. The molecule has 0 radical (unpaired) electrons. The Morgan fingerprint density at radius 2 is 0.440 bits per heavy atom. The molecular formula is C136H99N5. The Bertz CT molecular complexity index is 8500. The molecule has 0 N–H and O–H groups in total.